The maximum absolute atomic E-state index is 10.8. The fourth-order valence-electron chi connectivity index (χ4n) is 1.76. The van der Waals surface area contributed by atoms with Crippen LogP contribution in [0.25, 0.3) is 5.69 Å². The fraction of sp³-hybridized carbons (Fsp3) is 0.231. The molecule has 6 nitrogen and oxygen atoms in total. The SMILES string of the molecule is NC(=O)C(N)CNCc1ccccc1-n1cccn1. The molecular formula is C13H17N5O. The minimum atomic E-state index is -0.670. The van der Waals surface area contributed by atoms with Crippen LogP contribution in [0.5, 0.6) is 0 Å². The highest BCUT2D eigenvalue weighted by Crippen LogP contribution is 2.12. The van der Waals surface area contributed by atoms with E-state index in [1.165, 1.54) is 0 Å². The minimum Gasteiger partial charge on any atom is -0.368 e. The van der Waals surface area contributed by atoms with Crippen molar-refractivity contribution in [2.75, 3.05) is 6.54 Å². The number of carbonyl (C=O) groups excluding carboxylic acids is 1. The van der Waals surface area contributed by atoms with Gasteiger partial charge in [-0.1, -0.05) is 18.2 Å². The number of primary amides is 1. The number of benzene rings is 1. The molecule has 0 aliphatic heterocycles. The number of para-hydroxylation sites is 1. The number of carbonyl (C=O) groups is 1. The number of hydrogen-bond donors (Lipinski definition) is 3. The van der Waals surface area contributed by atoms with Crippen LogP contribution in [0.3, 0.4) is 0 Å². The number of nitrogens with two attached hydrogens (primary N) is 2. The fourth-order valence-corrected chi connectivity index (χ4v) is 1.76. The van der Waals surface area contributed by atoms with E-state index in [2.05, 4.69) is 10.4 Å². The van der Waals surface area contributed by atoms with E-state index in [-0.39, 0.29) is 0 Å². The van der Waals surface area contributed by atoms with Gasteiger partial charge in [0.1, 0.15) is 0 Å². The molecule has 19 heavy (non-hydrogen) atoms. The van der Waals surface area contributed by atoms with Crippen molar-refractivity contribution in [3.05, 3.63) is 48.3 Å². The molecule has 0 aliphatic rings. The van der Waals surface area contributed by atoms with Crippen LogP contribution >= 0.6 is 0 Å². The van der Waals surface area contributed by atoms with Crippen LogP contribution < -0.4 is 16.8 Å². The summed E-state index contributed by atoms with van der Waals surface area (Å²) in [4.78, 5) is 10.8. The van der Waals surface area contributed by atoms with Crippen LogP contribution in [0.1, 0.15) is 5.56 Å². The number of aromatic nitrogens is 2. The van der Waals surface area contributed by atoms with E-state index in [0.717, 1.165) is 11.3 Å². The van der Waals surface area contributed by atoms with Gasteiger partial charge < -0.3 is 16.8 Å². The van der Waals surface area contributed by atoms with Crippen molar-refractivity contribution in [2.24, 2.45) is 11.5 Å². The second kappa shape index (κ2) is 6.12. The lowest BCUT2D eigenvalue weighted by Crippen LogP contribution is -2.44. The predicted octanol–water partition coefficient (Wildman–Crippen LogP) is -0.225. The first kappa shape index (κ1) is 13.3. The third-order valence-corrected chi connectivity index (χ3v) is 2.79. The molecule has 0 bridgehead atoms. The molecule has 0 saturated heterocycles. The van der Waals surface area contributed by atoms with Gasteiger partial charge in [0.25, 0.3) is 0 Å². The Kier molecular flexibility index (Phi) is 4.27. The van der Waals surface area contributed by atoms with Gasteiger partial charge in [0.15, 0.2) is 0 Å². The van der Waals surface area contributed by atoms with Gasteiger partial charge >= 0.3 is 0 Å². The summed E-state index contributed by atoms with van der Waals surface area (Å²) in [5.41, 5.74) is 12.7. The van der Waals surface area contributed by atoms with Gasteiger partial charge in [-0.05, 0) is 17.7 Å². The Balaban J connectivity index is 2.03. The van der Waals surface area contributed by atoms with Gasteiger partial charge in [-0.15, -0.1) is 0 Å². The summed E-state index contributed by atoms with van der Waals surface area (Å²) in [6.45, 7) is 0.944. The molecule has 2 rings (SSSR count). The van der Waals surface area contributed by atoms with E-state index >= 15 is 0 Å². The summed E-state index contributed by atoms with van der Waals surface area (Å²) in [6, 6.07) is 9.09. The van der Waals surface area contributed by atoms with Gasteiger partial charge in [0.05, 0.1) is 11.7 Å². The first-order valence-electron chi connectivity index (χ1n) is 6.02. The molecule has 1 atom stereocenters. The van der Waals surface area contributed by atoms with Gasteiger partial charge in [-0.3, -0.25) is 4.79 Å². The largest absolute Gasteiger partial charge is 0.368 e. The lowest BCUT2D eigenvalue weighted by Gasteiger charge is -2.12. The van der Waals surface area contributed by atoms with Crippen molar-refractivity contribution in [1.82, 2.24) is 15.1 Å². The zero-order valence-electron chi connectivity index (χ0n) is 10.5. The second-order valence-electron chi connectivity index (χ2n) is 4.22. The summed E-state index contributed by atoms with van der Waals surface area (Å²) in [5, 5.41) is 7.33. The Labute approximate surface area is 111 Å². The minimum absolute atomic E-state index is 0.350. The van der Waals surface area contributed by atoms with Crippen molar-refractivity contribution in [3.63, 3.8) is 0 Å². The van der Waals surface area contributed by atoms with Crippen molar-refractivity contribution < 1.29 is 4.79 Å². The number of hydrogen-bond acceptors (Lipinski definition) is 4. The molecule has 0 aliphatic carbocycles. The first-order chi connectivity index (χ1) is 9.18. The van der Waals surface area contributed by atoms with Crippen molar-refractivity contribution in [1.29, 1.82) is 0 Å². The van der Waals surface area contributed by atoms with Crippen LogP contribution in [-0.2, 0) is 11.3 Å². The van der Waals surface area contributed by atoms with Gasteiger partial charge in [-0.25, -0.2) is 4.68 Å². The number of nitrogens with one attached hydrogen (secondary N) is 1. The van der Waals surface area contributed by atoms with E-state index in [1.54, 1.807) is 10.9 Å². The van der Waals surface area contributed by atoms with Crippen LogP contribution in [0.4, 0.5) is 0 Å². The first-order valence-corrected chi connectivity index (χ1v) is 6.02. The third kappa shape index (κ3) is 3.40. The molecule has 1 aromatic carbocycles. The average molecular weight is 259 g/mol. The molecule has 2 aromatic rings. The molecule has 100 valence electrons. The lowest BCUT2D eigenvalue weighted by atomic mass is 10.1. The van der Waals surface area contributed by atoms with E-state index in [9.17, 15) is 4.79 Å². The predicted molar refractivity (Wildman–Crippen MR) is 72.4 cm³/mol. The van der Waals surface area contributed by atoms with Crippen molar-refractivity contribution >= 4 is 5.91 Å². The Morgan fingerprint density at radius 3 is 2.84 bits per heavy atom. The highest BCUT2D eigenvalue weighted by Gasteiger charge is 2.09. The van der Waals surface area contributed by atoms with Crippen molar-refractivity contribution in [3.8, 4) is 5.69 Å². The summed E-state index contributed by atoms with van der Waals surface area (Å²) < 4.78 is 1.80. The zero-order valence-corrected chi connectivity index (χ0v) is 10.5. The van der Waals surface area contributed by atoms with E-state index in [0.29, 0.717) is 13.1 Å². The molecule has 5 N–H and O–H groups in total. The van der Waals surface area contributed by atoms with E-state index in [4.69, 9.17) is 11.5 Å². The zero-order chi connectivity index (χ0) is 13.7. The number of rotatable bonds is 6. The molecule has 1 unspecified atom stereocenters. The quantitative estimate of drug-likeness (QED) is 0.667. The maximum atomic E-state index is 10.8. The third-order valence-electron chi connectivity index (χ3n) is 2.79. The van der Waals surface area contributed by atoms with Gasteiger partial charge in [0, 0.05) is 25.5 Å². The monoisotopic (exact) mass is 259 g/mol. The molecule has 0 spiro atoms. The van der Waals surface area contributed by atoms with Gasteiger partial charge in [0.2, 0.25) is 5.91 Å². The van der Waals surface area contributed by atoms with E-state index < -0.39 is 11.9 Å². The Bertz CT molecular complexity index is 538. The van der Waals surface area contributed by atoms with Crippen LogP contribution in [-0.4, -0.2) is 28.3 Å². The highest BCUT2D eigenvalue weighted by molar-refractivity contribution is 5.79. The summed E-state index contributed by atoms with van der Waals surface area (Å²) >= 11 is 0. The second-order valence-corrected chi connectivity index (χ2v) is 4.22. The molecule has 0 saturated carbocycles. The Hall–Kier alpha value is -2.18. The van der Waals surface area contributed by atoms with Gasteiger partial charge in [-0.2, -0.15) is 5.10 Å². The number of nitrogens with zero attached hydrogens (tertiary/aromatic N) is 2. The number of amides is 1. The summed E-state index contributed by atoms with van der Waals surface area (Å²) in [5.74, 6) is -0.507. The standard InChI is InChI=1S/C13H17N5O/c14-11(13(15)19)9-16-8-10-4-1-2-5-12(10)18-7-3-6-17-18/h1-7,11,16H,8-9,14H2,(H2,15,19). The molecule has 1 heterocycles. The van der Waals surface area contributed by atoms with Crippen molar-refractivity contribution in [2.45, 2.75) is 12.6 Å². The van der Waals surface area contributed by atoms with Crippen LogP contribution in [0.2, 0.25) is 0 Å². The molecule has 0 fully saturated rings. The van der Waals surface area contributed by atoms with Crippen LogP contribution in [0, 0.1) is 0 Å². The Morgan fingerprint density at radius 2 is 2.16 bits per heavy atom. The highest BCUT2D eigenvalue weighted by atomic mass is 16.1. The average Bonchev–Trinajstić information content (AvgIpc) is 2.93. The molecule has 6 heteroatoms. The van der Waals surface area contributed by atoms with Crippen LogP contribution in [0.15, 0.2) is 42.7 Å². The summed E-state index contributed by atoms with van der Waals surface area (Å²) in [7, 11) is 0. The van der Waals surface area contributed by atoms with E-state index in [1.807, 2.05) is 36.5 Å². The normalized spacial score (nSPS) is 12.3. The molecule has 0 radical (unpaired) electrons. The smallest absolute Gasteiger partial charge is 0.235 e. The summed E-state index contributed by atoms with van der Waals surface area (Å²) in [6.07, 6.45) is 3.61. The lowest BCUT2D eigenvalue weighted by molar-refractivity contribution is -0.119. The maximum Gasteiger partial charge on any atom is 0.235 e. The topological polar surface area (TPSA) is 99.0 Å². The molecular weight excluding hydrogens is 242 g/mol. The molecule has 1 aromatic heterocycles. The Morgan fingerprint density at radius 1 is 1.37 bits per heavy atom. The molecule has 1 amide bonds.